The zero-order chi connectivity index (χ0) is 14.9. The van der Waals surface area contributed by atoms with Crippen molar-refractivity contribution in [2.45, 2.75) is 26.1 Å². The molecule has 0 heterocycles. The fraction of sp³-hybridized carbons (Fsp3) is 0.294. The van der Waals surface area contributed by atoms with Gasteiger partial charge in [-0.1, -0.05) is 35.4 Å². The molecule has 1 atom stereocenters. The molecule has 0 amide bonds. The van der Waals surface area contributed by atoms with Crippen LogP contribution in [0.25, 0.3) is 0 Å². The second-order valence-electron chi connectivity index (χ2n) is 5.06. The highest BCUT2D eigenvalue weighted by atomic mass is 35.5. The predicted octanol–water partition coefficient (Wildman–Crippen LogP) is 5.60. The van der Waals surface area contributed by atoms with Gasteiger partial charge in [-0.15, -0.1) is 11.6 Å². The van der Waals surface area contributed by atoms with Gasteiger partial charge in [-0.2, -0.15) is 0 Å². The molecule has 2 aromatic rings. The molecule has 20 heavy (non-hydrogen) atoms. The van der Waals surface area contributed by atoms with E-state index in [9.17, 15) is 0 Å². The molecule has 0 aliphatic heterocycles. The lowest BCUT2D eigenvalue weighted by molar-refractivity contribution is 0.410. The summed E-state index contributed by atoms with van der Waals surface area (Å²) >= 11 is 12.7. The first-order valence-corrected chi connectivity index (χ1v) is 7.30. The van der Waals surface area contributed by atoms with Gasteiger partial charge in [0.15, 0.2) is 0 Å². The van der Waals surface area contributed by atoms with Crippen molar-refractivity contribution in [1.29, 1.82) is 0 Å². The lowest BCUT2D eigenvalue weighted by Gasteiger charge is -2.19. The minimum Gasteiger partial charge on any atom is -0.496 e. The zero-order valence-electron chi connectivity index (χ0n) is 12.1. The molecular formula is C17H18Cl2O. The molecule has 0 spiro atoms. The fourth-order valence-corrected chi connectivity index (χ4v) is 3.33. The molecule has 0 aliphatic rings. The molecule has 0 aromatic heterocycles. The van der Waals surface area contributed by atoms with Gasteiger partial charge in [-0.05, 0) is 49.6 Å². The number of methoxy groups -OCH3 is 1. The maximum absolute atomic E-state index is 6.71. The first kappa shape index (κ1) is 15.2. The van der Waals surface area contributed by atoms with Crippen molar-refractivity contribution < 1.29 is 4.74 Å². The van der Waals surface area contributed by atoms with E-state index in [0.29, 0.717) is 5.02 Å². The average Bonchev–Trinajstić information content (AvgIpc) is 2.37. The van der Waals surface area contributed by atoms with Crippen molar-refractivity contribution in [3.05, 3.63) is 63.2 Å². The van der Waals surface area contributed by atoms with Crippen LogP contribution in [0.3, 0.4) is 0 Å². The molecule has 0 N–H and O–H groups in total. The van der Waals surface area contributed by atoms with E-state index < -0.39 is 0 Å². The molecule has 1 unspecified atom stereocenters. The molecule has 3 heteroatoms. The van der Waals surface area contributed by atoms with Crippen LogP contribution < -0.4 is 4.74 Å². The van der Waals surface area contributed by atoms with Crippen molar-refractivity contribution in [3.63, 3.8) is 0 Å². The van der Waals surface area contributed by atoms with Crippen LogP contribution in [0.5, 0.6) is 5.75 Å². The van der Waals surface area contributed by atoms with Crippen molar-refractivity contribution in [2.75, 3.05) is 7.11 Å². The molecular weight excluding hydrogens is 291 g/mol. The Labute approximate surface area is 130 Å². The van der Waals surface area contributed by atoms with Gasteiger partial charge >= 0.3 is 0 Å². The van der Waals surface area contributed by atoms with E-state index in [4.69, 9.17) is 27.9 Å². The van der Waals surface area contributed by atoms with E-state index in [1.54, 1.807) is 13.2 Å². The van der Waals surface area contributed by atoms with Gasteiger partial charge in [0, 0.05) is 10.6 Å². The molecule has 1 nitrogen and oxygen atoms in total. The van der Waals surface area contributed by atoms with Crippen molar-refractivity contribution in [2.24, 2.45) is 0 Å². The first-order valence-electron chi connectivity index (χ1n) is 6.49. The van der Waals surface area contributed by atoms with Gasteiger partial charge in [0.2, 0.25) is 0 Å². The van der Waals surface area contributed by atoms with E-state index in [0.717, 1.165) is 16.9 Å². The van der Waals surface area contributed by atoms with Crippen LogP contribution in [0.4, 0.5) is 0 Å². The van der Waals surface area contributed by atoms with Crippen molar-refractivity contribution in [3.8, 4) is 5.75 Å². The molecule has 0 fully saturated rings. The minimum atomic E-state index is -0.247. The van der Waals surface area contributed by atoms with E-state index in [-0.39, 0.29) is 5.38 Å². The number of hydrogen-bond donors (Lipinski definition) is 0. The molecule has 2 aromatic carbocycles. The summed E-state index contributed by atoms with van der Waals surface area (Å²) < 4.78 is 5.40. The average molecular weight is 309 g/mol. The summed E-state index contributed by atoms with van der Waals surface area (Å²) in [4.78, 5) is 0. The number of alkyl halides is 1. The lowest BCUT2D eigenvalue weighted by Crippen LogP contribution is -2.02. The van der Waals surface area contributed by atoms with Crippen LogP contribution in [0.2, 0.25) is 5.02 Å². The van der Waals surface area contributed by atoms with Crippen molar-refractivity contribution in [1.82, 2.24) is 0 Å². The van der Waals surface area contributed by atoms with Crippen LogP contribution >= 0.6 is 23.2 Å². The van der Waals surface area contributed by atoms with E-state index >= 15 is 0 Å². The Kier molecular flexibility index (Phi) is 4.62. The monoisotopic (exact) mass is 308 g/mol. The molecule has 0 bridgehead atoms. The highest BCUT2D eigenvalue weighted by Crippen LogP contribution is 2.39. The van der Waals surface area contributed by atoms with Gasteiger partial charge in [0.1, 0.15) is 5.75 Å². The van der Waals surface area contributed by atoms with Crippen LogP contribution in [-0.2, 0) is 0 Å². The van der Waals surface area contributed by atoms with E-state index in [1.807, 2.05) is 12.1 Å². The highest BCUT2D eigenvalue weighted by molar-refractivity contribution is 6.30. The number of benzene rings is 2. The number of rotatable bonds is 3. The van der Waals surface area contributed by atoms with Crippen LogP contribution in [0.1, 0.15) is 33.2 Å². The SMILES string of the molecule is COc1cc(Cl)ccc1C(Cl)c1c(C)cc(C)cc1C. The summed E-state index contributed by atoms with van der Waals surface area (Å²) in [6, 6.07) is 9.87. The molecule has 0 saturated carbocycles. The lowest BCUT2D eigenvalue weighted by atomic mass is 9.93. The van der Waals surface area contributed by atoms with Gasteiger partial charge in [0.25, 0.3) is 0 Å². The standard InChI is InChI=1S/C17H18Cl2O/c1-10-7-11(2)16(12(3)8-10)17(19)14-6-5-13(18)9-15(14)20-4/h5-9,17H,1-4H3. The summed E-state index contributed by atoms with van der Waals surface area (Å²) in [5.74, 6) is 0.719. The smallest absolute Gasteiger partial charge is 0.125 e. The molecule has 0 radical (unpaired) electrons. The summed E-state index contributed by atoms with van der Waals surface area (Å²) in [5, 5.41) is 0.398. The molecule has 0 saturated heterocycles. The third-order valence-electron chi connectivity index (χ3n) is 3.46. The Morgan fingerprint density at radius 3 is 2.15 bits per heavy atom. The third kappa shape index (κ3) is 2.94. The predicted molar refractivity (Wildman–Crippen MR) is 86.4 cm³/mol. The Bertz CT molecular complexity index is 612. The van der Waals surface area contributed by atoms with E-state index in [2.05, 4.69) is 32.9 Å². The maximum atomic E-state index is 6.71. The number of halogens is 2. The zero-order valence-corrected chi connectivity index (χ0v) is 13.6. The van der Waals surface area contributed by atoms with E-state index in [1.165, 1.54) is 16.7 Å². The number of aryl methyl sites for hydroxylation is 3. The highest BCUT2D eigenvalue weighted by Gasteiger charge is 2.19. The Morgan fingerprint density at radius 2 is 1.60 bits per heavy atom. The normalized spacial score (nSPS) is 12.3. The topological polar surface area (TPSA) is 9.23 Å². The van der Waals surface area contributed by atoms with Crippen molar-refractivity contribution >= 4 is 23.2 Å². The van der Waals surface area contributed by atoms with Gasteiger partial charge in [-0.3, -0.25) is 0 Å². The Hall–Kier alpha value is -1.18. The maximum Gasteiger partial charge on any atom is 0.125 e. The van der Waals surface area contributed by atoms with Gasteiger partial charge < -0.3 is 4.74 Å². The minimum absolute atomic E-state index is 0.247. The molecule has 106 valence electrons. The number of ether oxygens (including phenoxy) is 1. The summed E-state index contributed by atoms with van der Waals surface area (Å²) in [6.07, 6.45) is 0. The third-order valence-corrected chi connectivity index (χ3v) is 4.15. The molecule has 2 rings (SSSR count). The number of hydrogen-bond acceptors (Lipinski definition) is 1. The van der Waals surface area contributed by atoms with Crippen LogP contribution in [-0.4, -0.2) is 7.11 Å². The largest absolute Gasteiger partial charge is 0.496 e. The quantitative estimate of drug-likeness (QED) is 0.670. The second-order valence-corrected chi connectivity index (χ2v) is 5.93. The van der Waals surface area contributed by atoms with Crippen LogP contribution in [0.15, 0.2) is 30.3 Å². The Morgan fingerprint density at radius 1 is 1.00 bits per heavy atom. The Balaban J connectivity index is 2.54. The first-order chi connectivity index (χ1) is 9.43. The second kappa shape index (κ2) is 6.07. The molecule has 0 aliphatic carbocycles. The van der Waals surface area contributed by atoms with Crippen LogP contribution in [0, 0.1) is 20.8 Å². The summed E-state index contributed by atoms with van der Waals surface area (Å²) in [6.45, 7) is 6.27. The summed E-state index contributed by atoms with van der Waals surface area (Å²) in [7, 11) is 1.63. The van der Waals surface area contributed by atoms with Gasteiger partial charge in [0.05, 0.1) is 12.5 Å². The van der Waals surface area contributed by atoms with Gasteiger partial charge in [-0.25, -0.2) is 0 Å². The fourth-order valence-electron chi connectivity index (χ4n) is 2.64. The summed E-state index contributed by atoms with van der Waals surface area (Å²) in [5.41, 5.74) is 5.71.